The summed E-state index contributed by atoms with van der Waals surface area (Å²) >= 11 is 0. The molecule has 0 unspecified atom stereocenters. The molecule has 86 valence electrons. The van der Waals surface area contributed by atoms with Crippen LogP contribution in [0.4, 0.5) is 0 Å². The molecule has 3 N–H and O–H groups in total. The number of fused-ring (bicyclic) bond motifs is 1. The first-order valence-corrected chi connectivity index (χ1v) is 5.25. The van der Waals surface area contributed by atoms with E-state index in [-0.39, 0.29) is 6.61 Å². The molecule has 0 aliphatic heterocycles. The topological polar surface area (TPSA) is 72.8 Å². The van der Waals surface area contributed by atoms with Crippen molar-refractivity contribution in [3.8, 4) is 5.75 Å². The van der Waals surface area contributed by atoms with Crippen LogP contribution in [0.1, 0.15) is 12.1 Å². The third-order valence-corrected chi connectivity index (χ3v) is 2.35. The third kappa shape index (κ3) is 2.00. The van der Waals surface area contributed by atoms with Crippen LogP contribution in [-0.4, -0.2) is 27.7 Å². The Kier molecular flexibility index (Phi) is 3.38. The lowest BCUT2D eigenvalue weighted by Gasteiger charge is -2.06. The predicted octanol–water partition coefficient (Wildman–Crippen LogP) is 0.554. The minimum absolute atomic E-state index is 0.131. The SMILES string of the molecule is NCc1cnc2c(OCCCO)cccn12. The fourth-order valence-electron chi connectivity index (χ4n) is 1.55. The number of ether oxygens (including phenoxy) is 1. The van der Waals surface area contributed by atoms with Gasteiger partial charge >= 0.3 is 0 Å². The van der Waals surface area contributed by atoms with E-state index in [2.05, 4.69) is 4.98 Å². The van der Waals surface area contributed by atoms with Crippen LogP contribution in [-0.2, 0) is 6.54 Å². The lowest BCUT2D eigenvalue weighted by Crippen LogP contribution is -2.03. The van der Waals surface area contributed by atoms with Gasteiger partial charge in [-0.1, -0.05) is 0 Å². The molecule has 2 aromatic heterocycles. The van der Waals surface area contributed by atoms with Crippen LogP contribution in [0.5, 0.6) is 5.75 Å². The monoisotopic (exact) mass is 221 g/mol. The standard InChI is InChI=1S/C11H15N3O2/c12-7-9-8-13-11-10(16-6-2-5-15)3-1-4-14(9)11/h1,3-4,8,15H,2,5-7,12H2. The molecule has 0 aromatic carbocycles. The molecule has 0 fully saturated rings. The first-order valence-electron chi connectivity index (χ1n) is 5.25. The second-order valence-electron chi connectivity index (χ2n) is 3.45. The van der Waals surface area contributed by atoms with Gasteiger partial charge in [-0.3, -0.25) is 4.40 Å². The normalized spacial score (nSPS) is 10.9. The van der Waals surface area contributed by atoms with Crippen molar-refractivity contribution in [1.29, 1.82) is 0 Å². The first-order chi connectivity index (χ1) is 7.86. The van der Waals surface area contributed by atoms with Crippen molar-refractivity contribution in [2.24, 2.45) is 5.73 Å². The zero-order chi connectivity index (χ0) is 11.4. The molecule has 0 atom stereocenters. The van der Waals surface area contributed by atoms with Gasteiger partial charge in [-0.2, -0.15) is 0 Å². The van der Waals surface area contributed by atoms with E-state index in [4.69, 9.17) is 15.6 Å². The second kappa shape index (κ2) is 4.96. The van der Waals surface area contributed by atoms with E-state index in [0.717, 1.165) is 17.1 Å². The summed E-state index contributed by atoms with van der Waals surface area (Å²) in [6.07, 6.45) is 4.27. The van der Waals surface area contributed by atoms with Gasteiger partial charge in [0, 0.05) is 25.8 Å². The number of nitrogens with zero attached hydrogens (tertiary/aromatic N) is 2. The second-order valence-corrected chi connectivity index (χ2v) is 3.45. The lowest BCUT2D eigenvalue weighted by molar-refractivity contribution is 0.234. The van der Waals surface area contributed by atoms with Crippen LogP contribution in [0.25, 0.3) is 5.65 Å². The quantitative estimate of drug-likeness (QED) is 0.723. The fourth-order valence-corrected chi connectivity index (χ4v) is 1.55. The summed E-state index contributed by atoms with van der Waals surface area (Å²) in [6, 6.07) is 3.75. The van der Waals surface area contributed by atoms with Gasteiger partial charge in [-0.15, -0.1) is 0 Å². The number of hydrogen-bond acceptors (Lipinski definition) is 4. The van der Waals surface area contributed by atoms with E-state index >= 15 is 0 Å². The highest BCUT2D eigenvalue weighted by atomic mass is 16.5. The highest BCUT2D eigenvalue weighted by molar-refractivity contribution is 5.54. The van der Waals surface area contributed by atoms with E-state index in [0.29, 0.717) is 19.6 Å². The zero-order valence-electron chi connectivity index (χ0n) is 8.97. The summed E-state index contributed by atoms with van der Waals surface area (Å²) in [5.74, 6) is 0.718. The van der Waals surface area contributed by atoms with Crippen LogP contribution in [0.3, 0.4) is 0 Å². The van der Waals surface area contributed by atoms with Crippen molar-refractivity contribution in [1.82, 2.24) is 9.38 Å². The highest BCUT2D eigenvalue weighted by Gasteiger charge is 2.06. The molecule has 0 aliphatic rings. The molecule has 0 spiro atoms. The van der Waals surface area contributed by atoms with Gasteiger partial charge < -0.3 is 15.6 Å². The summed E-state index contributed by atoms with van der Waals surface area (Å²) in [5, 5.41) is 8.68. The molecule has 0 amide bonds. The van der Waals surface area contributed by atoms with Gasteiger partial charge in [-0.25, -0.2) is 4.98 Å². The molecule has 2 aromatic rings. The smallest absolute Gasteiger partial charge is 0.179 e. The van der Waals surface area contributed by atoms with Gasteiger partial charge in [0.2, 0.25) is 0 Å². The first kappa shape index (κ1) is 10.9. The van der Waals surface area contributed by atoms with Crippen molar-refractivity contribution in [3.63, 3.8) is 0 Å². The summed E-state index contributed by atoms with van der Waals surface area (Å²) < 4.78 is 7.44. The molecule has 5 nitrogen and oxygen atoms in total. The van der Waals surface area contributed by atoms with Crippen molar-refractivity contribution >= 4 is 5.65 Å². The van der Waals surface area contributed by atoms with E-state index < -0.39 is 0 Å². The van der Waals surface area contributed by atoms with E-state index in [1.54, 1.807) is 6.20 Å². The summed E-state index contributed by atoms with van der Waals surface area (Å²) in [6.45, 7) is 1.06. The van der Waals surface area contributed by atoms with Crippen molar-refractivity contribution < 1.29 is 9.84 Å². The van der Waals surface area contributed by atoms with Crippen LogP contribution in [0.2, 0.25) is 0 Å². The molecule has 0 saturated heterocycles. The number of hydrogen-bond donors (Lipinski definition) is 2. The van der Waals surface area contributed by atoms with Gasteiger partial charge in [0.05, 0.1) is 18.5 Å². The maximum atomic E-state index is 8.68. The molecule has 2 rings (SSSR count). The Morgan fingerprint density at radius 2 is 2.38 bits per heavy atom. The van der Waals surface area contributed by atoms with Crippen LogP contribution < -0.4 is 10.5 Å². The van der Waals surface area contributed by atoms with E-state index in [9.17, 15) is 0 Å². The Labute approximate surface area is 93.5 Å². The van der Waals surface area contributed by atoms with Crippen molar-refractivity contribution in [3.05, 3.63) is 30.2 Å². The average molecular weight is 221 g/mol. The minimum atomic E-state index is 0.131. The van der Waals surface area contributed by atoms with E-state index in [1.807, 2.05) is 22.7 Å². The van der Waals surface area contributed by atoms with Gasteiger partial charge in [-0.05, 0) is 12.1 Å². The van der Waals surface area contributed by atoms with Crippen molar-refractivity contribution in [2.75, 3.05) is 13.2 Å². The zero-order valence-corrected chi connectivity index (χ0v) is 8.97. The van der Waals surface area contributed by atoms with Gasteiger partial charge in [0.25, 0.3) is 0 Å². The number of nitrogens with two attached hydrogens (primary N) is 1. The molecule has 0 bridgehead atoms. The minimum Gasteiger partial charge on any atom is -0.490 e. The summed E-state index contributed by atoms with van der Waals surface area (Å²) in [7, 11) is 0. The predicted molar refractivity (Wildman–Crippen MR) is 60.3 cm³/mol. The Morgan fingerprint density at radius 1 is 1.50 bits per heavy atom. The summed E-state index contributed by atoms with van der Waals surface area (Å²) in [4.78, 5) is 4.26. The number of aliphatic hydroxyl groups is 1. The Morgan fingerprint density at radius 3 is 3.12 bits per heavy atom. The summed E-state index contributed by atoms with van der Waals surface area (Å²) in [5.41, 5.74) is 7.31. The fraction of sp³-hybridized carbons (Fsp3) is 0.364. The Hall–Kier alpha value is -1.59. The highest BCUT2D eigenvalue weighted by Crippen LogP contribution is 2.19. The molecule has 2 heterocycles. The maximum Gasteiger partial charge on any atom is 0.179 e. The number of pyridine rings is 1. The number of aromatic nitrogens is 2. The van der Waals surface area contributed by atoms with Gasteiger partial charge in [0.15, 0.2) is 11.4 Å². The molecule has 0 aliphatic carbocycles. The van der Waals surface area contributed by atoms with Crippen LogP contribution >= 0.6 is 0 Å². The average Bonchev–Trinajstić information content (AvgIpc) is 2.73. The lowest BCUT2D eigenvalue weighted by atomic mass is 10.4. The number of aliphatic hydroxyl groups excluding tert-OH is 1. The Bertz CT molecular complexity index is 467. The van der Waals surface area contributed by atoms with Crippen LogP contribution in [0.15, 0.2) is 24.5 Å². The molecular formula is C11H15N3O2. The molecule has 16 heavy (non-hydrogen) atoms. The van der Waals surface area contributed by atoms with Crippen molar-refractivity contribution in [2.45, 2.75) is 13.0 Å². The third-order valence-electron chi connectivity index (χ3n) is 2.35. The number of rotatable bonds is 5. The maximum absolute atomic E-state index is 8.68. The molecule has 0 radical (unpaired) electrons. The van der Waals surface area contributed by atoms with E-state index in [1.165, 1.54) is 0 Å². The van der Waals surface area contributed by atoms with Crippen LogP contribution in [0, 0.1) is 0 Å². The Balaban J connectivity index is 2.28. The van der Waals surface area contributed by atoms with Gasteiger partial charge in [0.1, 0.15) is 0 Å². The number of imidazole rings is 1. The molecular weight excluding hydrogens is 206 g/mol. The largest absolute Gasteiger partial charge is 0.490 e. The molecule has 0 saturated carbocycles. The molecule has 5 heteroatoms.